The van der Waals surface area contributed by atoms with Crippen molar-refractivity contribution < 1.29 is 14.6 Å². The maximum absolute atomic E-state index is 12.8. The average molecular weight is 351 g/mol. The van der Waals surface area contributed by atoms with Crippen molar-refractivity contribution >= 4 is 5.97 Å². The van der Waals surface area contributed by atoms with Gasteiger partial charge >= 0.3 is 5.97 Å². The summed E-state index contributed by atoms with van der Waals surface area (Å²) in [7, 11) is 0. The summed E-state index contributed by atoms with van der Waals surface area (Å²) in [5.41, 5.74) is -1.59. The fraction of sp³-hybridized carbons (Fsp3) is 0.955. The Morgan fingerprint density at radius 3 is 1.92 bits per heavy atom. The van der Waals surface area contributed by atoms with Crippen LogP contribution in [0.1, 0.15) is 93.4 Å². The molecule has 4 atom stereocenters. The topological polar surface area (TPSA) is 46.5 Å². The van der Waals surface area contributed by atoms with Crippen LogP contribution in [0.5, 0.6) is 0 Å². The molecule has 1 N–H and O–H groups in total. The van der Waals surface area contributed by atoms with Crippen molar-refractivity contribution in [1.29, 1.82) is 0 Å². The maximum atomic E-state index is 12.8. The van der Waals surface area contributed by atoms with Gasteiger partial charge in [0, 0.05) is 5.41 Å². The van der Waals surface area contributed by atoms with Gasteiger partial charge in [-0.15, -0.1) is 0 Å². The zero-order valence-electron chi connectivity index (χ0n) is 17.4. The summed E-state index contributed by atoms with van der Waals surface area (Å²) in [6, 6.07) is 0. The van der Waals surface area contributed by atoms with Gasteiger partial charge in [0.05, 0.1) is 11.0 Å². The van der Waals surface area contributed by atoms with Gasteiger partial charge in [0.2, 0.25) is 0 Å². The number of ether oxygens (including phenoxy) is 1. The lowest BCUT2D eigenvalue weighted by Gasteiger charge is -2.68. The van der Waals surface area contributed by atoms with E-state index in [0.717, 1.165) is 38.5 Å². The van der Waals surface area contributed by atoms with Gasteiger partial charge in [0.15, 0.2) is 0 Å². The SMILES string of the molecule is CCC(C)(C)C(=O)OC(C)(C)C12CC3C[C@H](CC(C(C)(C)O)(C3)C1)C2. The van der Waals surface area contributed by atoms with Crippen LogP contribution in [0, 0.1) is 28.1 Å². The van der Waals surface area contributed by atoms with Crippen molar-refractivity contribution in [1.82, 2.24) is 0 Å². The van der Waals surface area contributed by atoms with Gasteiger partial charge < -0.3 is 9.84 Å². The van der Waals surface area contributed by atoms with Gasteiger partial charge in [0.1, 0.15) is 5.60 Å². The number of carbonyl (C=O) groups excluding carboxylic acids is 1. The van der Waals surface area contributed by atoms with Crippen LogP contribution in [-0.4, -0.2) is 22.3 Å². The predicted octanol–water partition coefficient (Wildman–Crippen LogP) is 5.10. The van der Waals surface area contributed by atoms with Crippen LogP contribution in [-0.2, 0) is 9.53 Å². The van der Waals surface area contributed by atoms with Crippen LogP contribution < -0.4 is 0 Å². The molecule has 0 saturated heterocycles. The fourth-order valence-electron chi connectivity index (χ4n) is 6.31. The third-order valence-corrected chi connectivity index (χ3v) is 8.42. The molecule has 3 unspecified atom stereocenters. The molecule has 4 bridgehead atoms. The molecule has 0 aliphatic heterocycles. The van der Waals surface area contributed by atoms with E-state index in [4.69, 9.17) is 4.74 Å². The van der Waals surface area contributed by atoms with Gasteiger partial charge in [-0.3, -0.25) is 4.79 Å². The highest BCUT2D eigenvalue weighted by atomic mass is 16.6. The lowest BCUT2D eigenvalue weighted by atomic mass is 9.38. The van der Waals surface area contributed by atoms with Gasteiger partial charge in [0.25, 0.3) is 0 Å². The average Bonchev–Trinajstić information content (AvgIpc) is 2.44. The Kier molecular flexibility index (Phi) is 4.20. The van der Waals surface area contributed by atoms with Crippen LogP contribution in [0.2, 0.25) is 0 Å². The minimum atomic E-state index is -0.668. The van der Waals surface area contributed by atoms with E-state index >= 15 is 0 Å². The molecule has 0 radical (unpaired) electrons. The standard InChI is InChI=1S/C22H38O3/c1-8-18(2,3)17(23)25-20(6,7)22-12-15-9-16(13-22)11-21(10-15,14-22)19(4,5)24/h15-16,24H,8-14H2,1-7H3/t15-,16?,21?,22?/m1/s1. The van der Waals surface area contributed by atoms with Gasteiger partial charge in [-0.2, -0.15) is 0 Å². The molecule has 4 saturated carbocycles. The van der Waals surface area contributed by atoms with Crippen molar-refractivity contribution in [3.63, 3.8) is 0 Å². The summed E-state index contributed by atoms with van der Waals surface area (Å²) < 4.78 is 6.22. The van der Waals surface area contributed by atoms with Crippen LogP contribution in [0.15, 0.2) is 0 Å². The van der Waals surface area contributed by atoms with Gasteiger partial charge in [-0.25, -0.2) is 0 Å². The van der Waals surface area contributed by atoms with Crippen molar-refractivity contribution in [2.24, 2.45) is 28.1 Å². The Balaban J connectivity index is 1.92. The monoisotopic (exact) mass is 350 g/mol. The largest absolute Gasteiger partial charge is 0.459 e. The molecular formula is C22H38O3. The molecule has 0 aromatic heterocycles. The summed E-state index contributed by atoms with van der Waals surface area (Å²) in [6.45, 7) is 14.2. The predicted molar refractivity (Wildman–Crippen MR) is 100 cm³/mol. The minimum absolute atomic E-state index is 0.0105. The Bertz CT molecular complexity index is 538. The molecule has 0 spiro atoms. The highest BCUT2D eigenvalue weighted by Gasteiger charge is 2.66. The number of aliphatic hydroxyl groups is 1. The summed E-state index contributed by atoms with van der Waals surface area (Å²) in [6.07, 6.45) is 7.64. The molecular weight excluding hydrogens is 312 g/mol. The van der Waals surface area contributed by atoms with Crippen molar-refractivity contribution in [2.45, 2.75) is 105 Å². The van der Waals surface area contributed by atoms with E-state index in [-0.39, 0.29) is 16.8 Å². The number of hydrogen-bond acceptors (Lipinski definition) is 3. The molecule has 144 valence electrons. The van der Waals surface area contributed by atoms with Crippen molar-refractivity contribution in [2.75, 3.05) is 0 Å². The first-order chi connectivity index (χ1) is 11.3. The lowest BCUT2D eigenvalue weighted by molar-refractivity contribution is -0.247. The molecule has 3 nitrogen and oxygen atoms in total. The molecule has 0 amide bonds. The first kappa shape index (κ1) is 19.2. The lowest BCUT2D eigenvalue weighted by Crippen LogP contribution is -2.65. The highest BCUT2D eigenvalue weighted by molar-refractivity contribution is 5.76. The Labute approximate surface area is 153 Å². The van der Waals surface area contributed by atoms with Gasteiger partial charge in [-0.05, 0) is 104 Å². The van der Waals surface area contributed by atoms with Crippen LogP contribution in [0.4, 0.5) is 0 Å². The Hall–Kier alpha value is -0.570. The second kappa shape index (κ2) is 5.47. The summed E-state index contributed by atoms with van der Waals surface area (Å²) in [5, 5.41) is 11.0. The normalized spacial score (nSPS) is 38.1. The number of rotatable bonds is 5. The van der Waals surface area contributed by atoms with Crippen molar-refractivity contribution in [3.05, 3.63) is 0 Å². The zero-order chi connectivity index (χ0) is 18.9. The van der Waals surface area contributed by atoms with E-state index < -0.39 is 16.6 Å². The molecule has 25 heavy (non-hydrogen) atoms. The number of hydrogen-bond donors (Lipinski definition) is 1. The van der Waals surface area contributed by atoms with E-state index in [1.54, 1.807) is 0 Å². The van der Waals surface area contributed by atoms with E-state index in [2.05, 4.69) is 13.8 Å². The smallest absolute Gasteiger partial charge is 0.312 e. The third-order valence-electron chi connectivity index (χ3n) is 8.42. The Morgan fingerprint density at radius 1 is 1.00 bits per heavy atom. The van der Waals surface area contributed by atoms with E-state index in [1.165, 1.54) is 6.42 Å². The molecule has 4 aliphatic rings. The van der Waals surface area contributed by atoms with E-state index in [0.29, 0.717) is 11.8 Å². The van der Waals surface area contributed by atoms with E-state index in [9.17, 15) is 9.90 Å². The molecule has 0 aromatic carbocycles. The van der Waals surface area contributed by atoms with Gasteiger partial charge in [-0.1, -0.05) is 6.92 Å². The zero-order valence-corrected chi connectivity index (χ0v) is 17.4. The molecule has 0 heterocycles. The van der Waals surface area contributed by atoms with Crippen LogP contribution in [0.3, 0.4) is 0 Å². The first-order valence-corrected chi connectivity index (χ1v) is 10.2. The number of esters is 1. The number of carbonyl (C=O) groups is 1. The second-order valence-corrected chi connectivity index (χ2v) is 11.2. The quantitative estimate of drug-likeness (QED) is 0.702. The summed E-state index contributed by atoms with van der Waals surface area (Å²) in [5.74, 6) is 1.27. The van der Waals surface area contributed by atoms with E-state index in [1.807, 2.05) is 34.6 Å². The molecule has 4 fully saturated rings. The molecule has 4 rings (SSSR count). The first-order valence-electron chi connectivity index (χ1n) is 10.2. The highest BCUT2D eigenvalue weighted by Crippen LogP contribution is 2.71. The maximum Gasteiger partial charge on any atom is 0.312 e. The fourth-order valence-corrected chi connectivity index (χ4v) is 6.31. The summed E-state index contributed by atoms with van der Waals surface area (Å²) in [4.78, 5) is 12.8. The van der Waals surface area contributed by atoms with Crippen LogP contribution in [0.25, 0.3) is 0 Å². The summed E-state index contributed by atoms with van der Waals surface area (Å²) >= 11 is 0. The minimum Gasteiger partial charge on any atom is -0.459 e. The van der Waals surface area contributed by atoms with Crippen molar-refractivity contribution in [3.8, 4) is 0 Å². The molecule has 3 heteroatoms. The molecule has 4 aliphatic carbocycles. The second-order valence-electron chi connectivity index (χ2n) is 11.2. The molecule has 0 aromatic rings. The Morgan fingerprint density at radius 2 is 1.48 bits per heavy atom. The third kappa shape index (κ3) is 2.85. The van der Waals surface area contributed by atoms with Crippen LogP contribution >= 0.6 is 0 Å².